The van der Waals surface area contributed by atoms with Crippen molar-refractivity contribution in [2.45, 2.75) is 57.7 Å². The lowest BCUT2D eigenvalue weighted by Crippen LogP contribution is -2.64. The summed E-state index contributed by atoms with van der Waals surface area (Å²) in [5.74, 6) is 0.363. The van der Waals surface area contributed by atoms with Crippen molar-refractivity contribution in [2.24, 2.45) is 4.99 Å². The number of hydrogen-bond acceptors (Lipinski definition) is 4. The highest BCUT2D eigenvalue weighted by molar-refractivity contribution is 6.04. The van der Waals surface area contributed by atoms with Crippen molar-refractivity contribution >= 4 is 17.9 Å². The van der Waals surface area contributed by atoms with Gasteiger partial charge in [0.1, 0.15) is 6.17 Å². The first kappa shape index (κ1) is 18.5. The second-order valence-electron chi connectivity index (χ2n) is 6.33. The van der Waals surface area contributed by atoms with Crippen LogP contribution < -0.4 is 10.6 Å². The molecular weight excluding hydrogens is 310 g/mol. The van der Waals surface area contributed by atoms with E-state index < -0.39 is 18.2 Å². The smallest absolute Gasteiger partial charge is 0.325 e. The average molecular weight is 339 g/mol. The maximum Gasteiger partial charge on any atom is 0.325 e. The van der Waals surface area contributed by atoms with Crippen LogP contribution >= 0.6 is 0 Å². The van der Waals surface area contributed by atoms with Gasteiger partial charge >= 0.3 is 6.03 Å². The SMILES string of the molecule is CCCCCCCN1C(=NCCCO)NC2C1C(=O)NC(=O)N2C. The average Bonchev–Trinajstić information content (AvgIpc) is 2.92. The lowest BCUT2D eigenvalue weighted by atomic mass is 10.1. The van der Waals surface area contributed by atoms with Crippen LogP contribution in [-0.2, 0) is 4.79 Å². The summed E-state index contributed by atoms with van der Waals surface area (Å²) in [7, 11) is 1.67. The van der Waals surface area contributed by atoms with Crippen molar-refractivity contribution in [3.05, 3.63) is 0 Å². The molecule has 2 fully saturated rings. The Balaban J connectivity index is 2.06. The first-order valence-corrected chi connectivity index (χ1v) is 8.86. The molecule has 3 N–H and O–H groups in total. The largest absolute Gasteiger partial charge is 0.396 e. The van der Waals surface area contributed by atoms with E-state index in [-0.39, 0.29) is 12.5 Å². The Hall–Kier alpha value is -1.83. The maximum atomic E-state index is 12.3. The number of urea groups is 1. The lowest BCUT2D eigenvalue weighted by Gasteiger charge is -2.35. The molecule has 8 heteroatoms. The Morgan fingerprint density at radius 3 is 2.62 bits per heavy atom. The number of carbonyl (C=O) groups is 2. The molecule has 2 aliphatic heterocycles. The number of fused-ring (bicyclic) bond motifs is 1. The van der Waals surface area contributed by atoms with Gasteiger partial charge in [-0.1, -0.05) is 32.6 Å². The number of unbranched alkanes of at least 4 members (excludes halogenated alkanes) is 4. The molecule has 136 valence electrons. The van der Waals surface area contributed by atoms with Gasteiger partial charge in [-0.15, -0.1) is 0 Å². The van der Waals surface area contributed by atoms with Crippen LogP contribution in [0.4, 0.5) is 4.79 Å². The van der Waals surface area contributed by atoms with Crippen LogP contribution in [0, 0.1) is 0 Å². The third-order valence-electron chi connectivity index (χ3n) is 4.50. The van der Waals surface area contributed by atoms with Crippen LogP contribution in [0.3, 0.4) is 0 Å². The summed E-state index contributed by atoms with van der Waals surface area (Å²) in [6.45, 7) is 3.48. The standard InChI is InChI=1S/C16H29N5O3/c1-3-4-5-6-7-10-21-12-13(18-15(21)17-9-8-11-22)20(2)16(24)19-14(12)23/h12-13,22H,3-11H2,1-2H3,(H,17,18)(H,19,23,24). The summed E-state index contributed by atoms with van der Waals surface area (Å²) in [6, 6.07) is -0.847. The fraction of sp³-hybridized carbons (Fsp3) is 0.812. The number of guanidine groups is 1. The zero-order chi connectivity index (χ0) is 17.5. The molecule has 0 aliphatic carbocycles. The molecule has 2 aliphatic rings. The van der Waals surface area contributed by atoms with Gasteiger partial charge in [0.15, 0.2) is 12.0 Å². The third-order valence-corrected chi connectivity index (χ3v) is 4.50. The summed E-state index contributed by atoms with van der Waals surface area (Å²) in [6.07, 6.45) is 5.88. The van der Waals surface area contributed by atoms with E-state index in [0.717, 1.165) is 19.4 Å². The number of hydrogen-bond donors (Lipinski definition) is 3. The first-order chi connectivity index (χ1) is 11.6. The molecule has 2 heterocycles. The molecule has 0 radical (unpaired) electrons. The molecule has 0 aromatic heterocycles. The molecule has 2 atom stereocenters. The number of amides is 3. The van der Waals surface area contributed by atoms with Gasteiger partial charge in [-0.25, -0.2) is 4.79 Å². The Labute approximate surface area is 143 Å². The normalized spacial score (nSPS) is 25.0. The molecule has 0 bridgehead atoms. The van der Waals surface area contributed by atoms with Crippen molar-refractivity contribution in [1.29, 1.82) is 0 Å². The molecule has 0 saturated carbocycles. The molecular formula is C16H29N5O3. The number of nitrogens with zero attached hydrogens (tertiary/aromatic N) is 3. The Morgan fingerprint density at radius 2 is 1.92 bits per heavy atom. The highest BCUT2D eigenvalue weighted by Crippen LogP contribution is 2.21. The molecule has 24 heavy (non-hydrogen) atoms. The summed E-state index contributed by atoms with van der Waals surface area (Å²) in [4.78, 5) is 32.1. The lowest BCUT2D eigenvalue weighted by molar-refractivity contribution is -0.127. The van der Waals surface area contributed by atoms with Crippen LogP contribution in [0.1, 0.15) is 45.4 Å². The van der Waals surface area contributed by atoms with Crippen molar-refractivity contribution in [1.82, 2.24) is 20.4 Å². The van der Waals surface area contributed by atoms with E-state index in [1.165, 1.54) is 24.2 Å². The molecule has 3 amide bonds. The quantitative estimate of drug-likeness (QED) is 0.531. The van der Waals surface area contributed by atoms with Crippen LogP contribution in [0.5, 0.6) is 0 Å². The van der Waals surface area contributed by atoms with E-state index in [1.54, 1.807) is 7.05 Å². The summed E-state index contributed by atoms with van der Waals surface area (Å²) in [5, 5.41) is 14.5. The number of rotatable bonds is 9. The molecule has 8 nitrogen and oxygen atoms in total. The Morgan fingerprint density at radius 1 is 1.17 bits per heavy atom. The van der Waals surface area contributed by atoms with Gasteiger partial charge in [0.05, 0.1) is 0 Å². The number of aliphatic imine (C=N–C) groups is 1. The van der Waals surface area contributed by atoms with Gasteiger partial charge in [-0.2, -0.15) is 0 Å². The zero-order valence-electron chi connectivity index (χ0n) is 14.6. The van der Waals surface area contributed by atoms with Crippen LogP contribution in [0.2, 0.25) is 0 Å². The topological polar surface area (TPSA) is 97.3 Å². The van der Waals surface area contributed by atoms with Crippen LogP contribution in [-0.4, -0.2) is 71.8 Å². The summed E-state index contributed by atoms with van der Waals surface area (Å²) in [5.41, 5.74) is 0. The fourth-order valence-corrected chi connectivity index (χ4v) is 3.11. The number of carbonyl (C=O) groups excluding carboxylic acids is 2. The Kier molecular flexibility index (Phi) is 6.84. The van der Waals surface area contributed by atoms with E-state index in [1.807, 2.05) is 4.90 Å². The summed E-state index contributed by atoms with van der Waals surface area (Å²) < 4.78 is 0. The monoisotopic (exact) mass is 339 g/mol. The predicted molar refractivity (Wildman–Crippen MR) is 91.5 cm³/mol. The molecule has 0 aromatic rings. The van der Waals surface area contributed by atoms with Gasteiger partial charge in [0.25, 0.3) is 5.91 Å². The molecule has 0 aromatic carbocycles. The van der Waals surface area contributed by atoms with Gasteiger partial charge in [0, 0.05) is 26.7 Å². The fourth-order valence-electron chi connectivity index (χ4n) is 3.11. The Bertz CT molecular complexity index is 482. The van der Waals surface area contributed by atoms with Crippen LogP contribution in [0.25, 0.3) is 0 Å². The minimum absolute atomic E-state index is 0.0829. The highest BCUT2D eigenvalue weighted by atomic mass is 16.3. The first-order valence-electron chi connectivity index (χ1n) is 8.86. The zero-order valence-corrected chi connectivity index (χ0v) is 14.6. The molecule has 0 spiro atoms. The second-order valence-corrected chi connectivity index (χ2v) is 6.33. The number of aliphatic hydroxyl groups excluding tert-OH is 1. The molecule has 2 saturated heterocycles. The van der Waals surface area contributed by atoms with Gasteiger partial charge < -0.3 is 20.2 Å². The van der Waals surface area contributed by atoms with Crippen molar-refractivity contribution in [2.75, 3.05) is 26.7 Å². The minimum Gasteiger partial charge on any atom is -0.396 e. The minimum atomic E-state index is -0.452. The highest BCUT2D eigenvalue weighted by Gasteiger charge is 2.49. The van der Waals surface area contributed by atoms with E-state index in [9.17, 15) is 9.59 Å². The number of nitrogens with one attached hydrogen (secondary N) is 2. The van der Waals surface area contributed by atoms with Crippen LogP contribution in [0.15, 0.2) is 4.99 Å². The van der Waals surface area contributed by atoms with E-state index in [4.69, 9.17) is 5.11 Å². The van der Waals surface area contributed by atoms with E-state index in [0.29, 0.717) is 18.9 Å². The summed E-state index contributed by atoms with van der Waals surface area (Å²) >= 11 is 0. The number of likely N-dealkylation sites (N-methyl/N-ethyl adjacent to an activating group) is 1. The second kappa shape index (κ2) is 8.86. The number of aliphatic hydroxyl groups is 1. The van der Waals surface area contributed by atoms with Crippen molar-refractivity contribution < 1.29 is 14.7 Å². The van der Waals surface area contributed by atoms with E-state index >= 15 is 0 Å². The van der Waals surface area contributed by atoms with Crippen molar-refractivity contribution in [3.63, 3.8) is 0 Å². The van der Waals surface area contributed by atoms with Gasteiger partial charge in [-0.3, -0.25) is 15.1 Å². The third kappa shape index (κ3) is 4.17. The maximum absolute atomic E-state index is 12.3. The predicted octanol–water partition coefficient (Wildman–Crippen LogP) is 0.477. The van der Waals surface area contributed by atoms with Gasteiger partial charge in [0.2, 0.25) is 0 Å². The molecule has 2 unspecified atom stereocenters. The van der Waals surface area contributed by atoms with Crippen molar-refractivity contribution in [3.8, 4) is 0 Å². The number of imide groups is 1. The van der Waals surface area contributed by atoms with E-state index in [2.05, 4.69) is 22.5 Å². The molecule has 2 rings (SSSR count). The van der Waals surface area contributed by atoms with Gasteiger partial charge in [-0.05, 0) is 12.8 Å².